The van der Waals surface area contributed by atoms with Crippen molar-refractivity contribution in [3.63, 3.8) is 0 Å². The van der Waals surface area contributed by atoms with E-state index in [0.29, 0.717) is 5.52 Å². The number of nitrogens with two attached hydrogens (primary N) is 3. The van der Waals surface area contributed by atoms with E-state index in [1.165, 1.54) is 17.8 Å². The monoisotopic (exact) mass is 548 g/mol. The number of aromatic nitrogens is 4. The summed E-state index contributed by atoms with van der Waals surface area (Å²) in [6.07, 6.45) is -2.00. The Morgan fingerprint density at radius 1 is 1.24 bits per heavy atom. The first kappa shape index (κ1) is 26.3. The third kappa shape index (κ3) is 4.57. The minimum absolute atomic E-state index is 0.0661. The first-order valence-corrected chi connectivity index (χ1v) is 13.4. The lowest BCUT2D eigenvalue weighted by molar-refractivity contribution is -0.149. The molecule has 38 heavy (non-hydrogen) atoms. The number of nitrogens with zero attached hydrogens (tertiary/aromatic N) is 4. The number of fused-ring (bicyclic) bond motifs is 2. The second-order valence-electron chi connectivity index (χ2n) is 9.42. The number of imidazole rings is 1. The lowest BCUT2D eigenvalue weighted by Crippen LogP contribution is -2.44. The Morgan fingerprint density at radius 2 is 1.95 bits per heavy atom. The smallest absolute Gasteiger partial charge is 0.459 e. The number of carbonyl (C=O) groups excluding carboxylic acids is 1. The second kappa shape index (κ2) is 9.45. The second-order valence-corrected chi connectivity index (χ2v) is 11.1. The number of para-hydroxylation sites is 1. The fourth-order valence-electron chi connectivity index (χ4n) is 4.35. The van der Waals surface area contributed by atoms with E-state index in [-0.39, 0.29) is 29.3 Å². The summed E-state index contributed by atoms with van der Waals surface area (Å²) in [7, 11) is -4.26. The Morgan fingerprint density at radius 3 is 2.58 bits per heavy atom. The Hall–Kier alpha value is -3.33. The first-order valence-electron chi connectivity index (χ1n) is 11.8. The highest BCUT2D eigenvalue weighted by Gasteiger charge is 2.78. The molecule has 3 heterocycles. The van der Waals surface area contributed by atoms with Crippen LogP contribution in [0.4, 0.5) is 11.8 Å². The number of hydrogen-bond acceptors (Lipinski definition) is 13. The van der Waals surface area contributed by atoms with Crippen molar-refractivity contribution in [3.8, 4) is 5.75 Å². The number of esters is 1. The van der Waals surface area contributed by atoms with Crippen LogP contribution < -0.4 is 26.8 Å². The molecule has 204 valence electrons. The van der Waals surface area contributed by atoms with Crippen molar-refractivity contribution in [2.24, 2.45) is 5.73 Å². The first-order chi connectivity index (χ1) is 17.9. The van der Waals surface area contributed by atoms with E-state index in [9.17, 15) is 14.5 Å². The van der Waals surface area contributed by atoms with Crippen LogP contribution in [-0.2, 0) is 23.4 Å². The molecule has 16 heteroatoms. The van der Waals surface area contributed by atoms with Crippen molar-refractivity contribution in [2.45, 2.75) is 63.0 Å². The van der Waals surface area contributed by atoms with E-state index in [4.69, 9.17) is 35.7 Å². The van der Waals surface area contributed by atoms with Crippen molar-refractivity contribution >= 4 is 36.6 Å². The number of nitrogen functional groups attached to an aromatic ring is 2. The van der Waals surface area contributed by atoms with Gasteiger partial charge in [-0.1, -0.05) is 18.2 Å². The van der Waals surface area contributed by atoms with Gasteiger partial charge in [-0.25, -0.2) is 9.55 Å². The van der Waals surface area contributed by atoms with Crippen LogP contribution in [-0.4, -0.2) is 66.6 Å². The van der Waals surface area contributed by atoms with Crippen LogP contribution in [0, 0.1) is 0 Å². The van der Waals surface area contributed by atoms with E-state index in [1.54, 1.807) is 44.2 Å². The van der Waals surface area contributed by atoms with Crippen molar-refractivity contribution in [1.82, 2.24) is 24.6 Å². The molecule has 5 rings (SSSR count). The molecule has 0 bridgehead atoms. The summed E-state index contributed by atoms with van der Waals surface area (Å²) < 4.78 is 37.9. The van der Waals surface area contributed by atoms with Crippen LogP contribution in [0.5, 0.6) is 5.75 Å². The third-order valence-corrected chi connectivity index (χ3v) is 7.88. The van der Waals surface area contributed by atoms with Crippen molar-refractivity contribution in [2.75, 3.05) is 11.5 Å². The molecule has 1 saturated heterocycles. The molecule has 0 radical (unpaired) electrons. The third-order valence-electron chi connectivity index (χ3n) is 6.22. The molecule has 7 atom stereocenters. The lowest BCUT2D eigenvalue weighted by Gasteiger charge is -2.27. The summed E-state index contributed by atoms with van der Waals surface area (Å²) in [4.78, 5) is 24.6. The maximum Gasteiger partial charge on any atom is 0.459 e. The maximum atomic E-state index is 13.8. The maximum absolute atomic E-state index is 13.8. The number of ether oxygens (including phenoxy) is 2. The molecule has 3 aromatic rings. The summed E-state index contributed by atoms with van der Waals surface area (Å²) in [6, 6.07) is 6.13. The minimum Gasteiger partial charge on any atom is -0.462 e. The van der Waals surface area contributed by atoms with Gasteiger partial charge in [-0.2, -0.15) is 15.1 Å². The molecule has 0 amide bonds. The quantitative estimate of drug-likeness (QED) is 0.181. The fraction of sp³-hybridized carbons (Fsp3) is 0.455. The molecule has 0 spiro atoms. The standard InChI is InChI=1S/C22H29N8O7P/c1-10(2)34-20(31)11(3)29-38(33,36-12-7-5-4-6-8-12)37-16-15-22(16,32)14(23)19(35-15)30-9-26-13-17(24)27-21(25)28-18(13)30/h4-11,14-16,19,32H,23H2,1-3H3,(H,29,33)(H4,24,25,27,28)/t11-,14-,15+,16?,19+,22-,38?/m0/s1. The molecular formula is C22H29N8O7P. The van der Waals surface area contributed by atoms with E-state index in [2.05, 4.69) is 20.0 Å². The summed E-state index contributed by atoms with van der Waals surface area (Å²) >= 11 is 0. The zero-order chi connectivity index (χ0) is 27.4. The number of rotatable bonds is 9. The van der Waals surface area contributed by atoms with Crippen LogP contribution in [0.2, 0.25) is 0 Å². The average molecular weight is 548 g/mol. The molecule has 2 unspecified atom stereocenters. The van der Waals surface area contributed by atoms with E-state index in [1.807, 2.05) is 0 Å². The number of benzene rings is 1. The van der Waals surface area contributed by atoms with Gasteiger partial charge in [0, 0.05) is 0 Å². The van der Waals surface area contributed by atoms with Crippen LogP contribution in [0.15, 0.2) is 36.7 Å². The molecule has 1 saturated carbocycles. The highest BCUT2D eigenvalue weighted by molar-refractivity contribution is 7.52. The fourth-order valence-corrected chi connectivity index (χ4v) is 6.06. The van der Waals surface area contributed by atoms with Gasteiger partial charge in [0.2, 0.25) is 5.95 Å². The Balaban J connectivity index is 1.36. The molecular weight excluding hydrogens is 519 g/mol. The summed E-state index contributed by atoms with van der Waals surface area (Å²) in [5.41, 5.74) is 16.8. The van der Waals surface area contributed by atoms with Gasteiger partial charge in [-0.05, 0) is 32.9 Å². The number of anilines is 2. The average Bonchev–Trinajstić information content (AvgIpc) is 3.10. The largest absolute Gasteiger partial charge is 0.462 e. The highest BCUT2D eigenvalue weighted by atomic mass is 31.2. The van der Waals surface area contributed by atoms with E-state index in [0.717, 1.165) is 0 Å². The van der Waals surface area contributed by atoms with Gasteiger partial charge in [0.1, 0.15) is 35.1 Å². The van der Waals surface area contributed by atoms with Gasteiger partial charge in [0.25, 0.3) is 0 Å². The van der Waals surface area contributed by atoms with Gasteiger partial charge >= 0.3 is 13.7 Å². The van der Waals surface area contributed by atoms with Gasteiger partial charge in [-0.15, -0.1) is 0 Å². The number of aliphatic hydroxyl groups is 1. The van der Waals surface area contributed by atoms with Gasteiger partial charge in [-0.3, -0.25) is 13.9 Å². The molecule has 1 aliphatic heterocycles. The molecule has 15 nitrogen and oxygen atoms in total. The van der Waals surface area contributed by atoms with Crippen LogP contribution in [0.25, 0.3) is 11.2 Å². The summed E-state index contributed by atoms with van der Waals surface area (Å²) in [6.45, 7) is 4.84. The Bertz CT molecular complexity index is 1410. The normalized spacial score (nSPS) is 28.6. The Labute approximate surface area is 217 Å². The minimum atomic E-state index is -4.26. The van der Waals surface area contributed by atoms with E-state index < -0.39 is 49.8 Å². The van der Waals surface area contributed by atoms with Gasteiger partial charge in [0.15, 0.2) is 17.7 Å². The lowest BCUT2D eigenvalue weighted by atomic mass is 10.1. The zero-order valence-electron chi connectivity index (χ0n) is 20.8. The summed E-state index contributed by atoms with van der Waals surface area (Å²) in [5.74, 6) is -0.425. The summed E-state index contributed by atoms with van der Waals surface area (Å²) in [5, 5.41) is 13.9. The SMILES string of the molecule is CC(C)OC(=O)[C@H](C)NP(=O)(Oc1ccccc1)OC1[C@H]2O[C@@H](n3cnc4c(N)nc(N)nc43)[C@H](N)[C@@]12O. The molecule has 2 aliphatic rings. The molecule has 8 N–H and O–H groups in total. The van der Waals surface area contributed by atoms with Gasteiger partial charge in [0.05, 0.1) is 18.5 Å². The van der Waals surface area contributed by atoms with E-state index >= 15 is 0 Å². The zero-order valence-corrected chi connectivity index (χ0v) is 21.7. The van der Waals surface area contributed by atoms with Crippen LogP contribution in [0.3, 0.4) is 0 Å². The number of nitrogens with one attached hydrogen (secondary N) is 1. The van der Waals surface area contributed by atoms with Crippen molar-refractivity contribution in [1.29, 1.82) is 0 Å². The van der Waals surface area contributed by atoms with Crippen LogP contribution >= 0.6 is 7.75 Å². The predicted molar refractivity (Wildman–Crippen MR) is 134 cm³/mol. The number of hydrogen-bond donors (Lipinski definition) is 5. The van der Waals surface area contributed by atoms with Crippen LogP contribution in [0.1, 0.15) is 27.0 Å². The molecule has 2 aromatic heterocycles. The topological polar surface area (TPSA) is 225 Å². The number of carbonyl (C=O) groups is 1. The molecule has 1 aromatic carbocycles. The molecule has 2 fully saturated rings. The predicted octanol–water partition coefficient (Wildman–Crippen LogP) is 0.462. The molecule has 1 aliphatic carbocycles. The Kier molecular flexibility index (Phi) is 6.54. The van der Waals surface area contributed by atoms with Gasteiger partial charge < -0.3 is 36.3 Å². The highest BCUT2D eigenvalue weighted by Crippen LogP contribution is 2.60. The van der Waals surface area contributed by atoms with Crippen molar-refractivity contribution in [3.05, 3.63) is 36.7 Å². The van der Waals surface area contributed by atoms with Crippen molar-refractivity contribution < 1.29 is 33.0 Å².